The molecule has 0 aliphatic carbocycles. The Morgan fingerprint density at radius 1 is 1.17 bits per heavy atom. The number of benzene rings is 2. The van der Waals surface area contributed by atoms with Gasteiger partial charge in [-0.3, -0.25) is 9.78 Å². The molecule has 3 N–H and O–H groups in total. The lowest BCUT2D eigenvalue weighted by atomic mass is 10.1. The van der Waals surface area contributed by atoms with E-state index < -0.39 is 15.9 Å². The minimum Gasteiger partial charge on any atom is -0.378 e. The summed E-state index contributed by atoms with van der Waals surface area (Å²) in [6, 6.07) is 11.7. The molecular formula is C21H22N4O4S. The number of morpholine rings is 1. The van der Waals surface area contributed by atoms with Gasteiger partial charge in [0.25, 0.3) is 5.91 Å². The summed E-state index contributed by atoms with van der Waals surface area (Å²) in [6.07, 6.45) is 1.70. The van der Waals surface area contributed by atoms with Crippen molar-refractivity contribution in [1.82, 2.24) is 4.98 Å². The van der Waals surface area contributed by atoms with E-state index in [2.05, 4.69) is 10.3 Å². The summed E-state index contributed by atoms with van der Waals surface area (Å²) < 4.78 is 29.1. The molecule has 1 amide bonds. The molecule has 1 aromatic heterocycles. The number of pyridine rings is 1. The van der Waals surface area contributed by atoms with Crippen molar-refractivity contribution in [2.75, 3.05) is 36.5 Å². The Labute approximate surface area is 174 Å². The van der Waals surface area contributed by atoms with E-state index in [1.54, 1.807) is 18.3 Å². The predicted octanol–water partition coefficient (Wildman–Crippen LogP) is 2.28. The molecule has 8 nitrogen and oxygen atoms in total. The van der Waals surface area contributed by atoms with Gasteiger partial charge in [-0.1, -0.05) is 6.07 Å². The van der Waals surface area contributed by atoms with Crippen LogP contribution in [0.1, 0.15) is 15.9 Å². The number of carbonyl (C=O) groups excluding carboxylic acids is 1. The molecule has 0 atom stereocenters. The normalized spacial score (nSPS) is 14.7. The Bertz CT molecular complexity index is 1220. The molecule has 1 fully saturated rings. The third-order valence-corrected chi connectivity index (χ3v) is 6.02. The fourth-order valence-corrected chi connectivity index (χ4v) is 4.11. The van der Waals surface area contributed by atoms with Crippen LogP contribution < -0.4 is 15.4 Å². The fourth-order valence-electron chi connectivity index (χ4n) is 3.57. The van der Waals surface area contributed by atoms with Crippen molar-refractivity contribution in [2.45, 2.75) is 11.8 Å². The van der Waals surface area contributed by atoms with E-state index in [9.17, 15) is 13.2 Å². The van der Waals surface area contributed by atoms with Gasteiger partial charge in [-0.05, 0) is 48.9 Å². The highest BCUT2D eigenvalue weighted by atomic mass is 32.2. The van der Waals surface area contributed by atoms with Crippen molar-refractivity contribution in [3.63, 3.8) is 0 Å². The number of sulfonamides is 1. The number of aryl methyl sites for hydroxylation is 1. The number of nitrogens with zero attached hydrogens (tertiary/aromatic N) is 2. The predicted molar refractivity (Wildman–Crippen MR) is 115 cm³/mol. The van der Waals surface area contributed by atoms with Crippen molar-refractivity contribution in [2.24, 2.45) is 5.14 Å². The monoisotopic (exact) mass is 426 g/mol. The SMILES string of the molecule is Cc1ccc(NC(=O)c2cc(S(N)(=O)=O)ccc2N2CCOCC2)c2cccnc12. The maximum absolute atomic E-state index is 13.3. The smallest absolute Gasteiger partial charge is 0.257 e. The van der Waals surface area contributed by atoms with Crippen molar-refractivity contribution in [3.05, 3.63) is 59.8 Å². The second-order valence-corrected chi connectivity index (χ2v) is 8.67. The summed E-state index contributed by atoms with van der Waals surface area (Å²) >= 11 is 0. The quantitative estimate of drug-likeness (QED) is 0.661. The molecule has 0 unspecified atom stereocenters. The van der Waals surface area contributed by atoms with Gasteiger partial charge in [0, 0.05) is 30.4 Å². The molecule has 0 saturated carbocycles. The number of aromatic nitrogens is 1. The number of ether oxygens (including phenoxy) is 1. The molecule has 1 saturated heterocycles. The summed E-state index contributed by atoms with van der Waals surface area (Å²) in [5.41, 5.74) is 3.26. The van der Waals surface area contributed by atoms with Crippen LogP contribution >= 0.6 is 0 Å². The van der Waals surface area contributed by atoms with Crippen LogP contribution in [0.2, 0.25) is 0 Å². The molecule has 3 aromatic rings. The second-order valence-electron chi connectivity index (χ2n) is 7.11. The van der Waals surface area contributed by atoms with E-state index in [0.717, 1.165) is 16.5 Å². The first kappa shape index (κ1) is 20.3. The molecule has 0 bridgehead atoms. The molecule has 30 heavy (non-hydrogen) atoms. The van der Waals surface area contributed by atoms with E-state index >= 15 is 0 Å². The van der Waals surface area contributed by atoms with Crippen LogP contribution in [0.15, 0.2) is 53.6 Å². The Kier molecular flexibility index (Phi) is 5.42. The number of nitrogens with two attached hydrogens (primary N) is 1. The van der Waals surface area contributed by atoms with Crippen molar-refractivity contribution < 1.29 is 17.9 Å². The van der Waals surface area contributed by atoms with E-state index in [-0.39, 0.29) is 10.5 Å². The van der Waals surface area contributed by atoms with Crippen LogP contribution in [0.4, 0.5) is 11.4 Å². The zero-order valence-electron chi connectivity index (χ0n) is 16.5. The lowest BCUT2D eigenvalue weighted by Crippen LogP contribution is -2.37. The summed E-state index contributed by atoms with van der Waals surface area (Å²) in [5, 5.41) is 9.02. The van der Waals surface area contributed by atoms with Gasteiger partial charge in [0.1, 0.15) is 0 Å². The van der Waals surface area contributed by atoms with Gasteiger partial charge < -0.3 is 15.0 Å². The van der Waals surface area contributed by atoms with E-state index in [0.29, 0.717) is 37.7 Å². The van der Waals surface area contributed by atoms with Crippen LogP contribution in [0.3, 0.4) is 0 Å². The summed E-state index contributed by atoms with van der Waals surface area (Å²) in [7, 11) is -3.95. The van der Waals surface area contributed by atoms with Gasteiger partial charge in [0.2, 0.25) is 10.0 Å². The molecule has 156 valence electrons. The summed E-state index contributed by atoms with van der Waals surface area (Å²) in [5.74, 6) is -0.420. The van der Waals surface area contributed by atoms with Gasteiger partial charge in [-0.15, -0.1) is 0 Å². The third kappa shape index (κ3) is 4.00. The van der Waals surface area contributed by atoms with Crippen molar-refractivity contribution in [1.29, 1.82) is 0 Å². The van der Waals surface area contributed by atoms with E-state index in [1.165, 1.54) is 12.1 Å². The third-order valence-electron chi connectivity index (χ3n) is 5.11. The average molecular weight is 426 g/mol. The summed E-state index contributed by atoms with van der Waals surface area (Å²) in [6.45, 7) is 4.23. The molecule has 9 heteroatoms. The number of anilines is 2. The van der Waals surface area contributed by atoms with Crippen LogP contribution in [0.25, 0.3) is 10.9 Å². The first-order valence-corrected chi connectivity index (χ1v) is 11.0. The maximum atomic E-state index is 13.3. The standard InChI is InChI=1S/C21H22N4O4S/c1-14-4-6-18(16-3-2-8-23-20(14)16)24-21(26)17-13-15(30(22,27)28)5-7-19(17)25-9-11-29-12-10-25/h2-8,13H,9-12H2,1H3,(H,24,26)(H2,22,27,28). The highest BCUT2D eigenvalue weighted by Crippen LogP contribution is 2.28. The number of hydrogen-bond donors (Lipinski definition) is 2. The summed E-state index contributed by atoms with van der Waals surface area (Å²) in [4.78, 5) is 19.5. The minimum atomic E-state index is -3.95. The average Bonchev–Trinajstić information content (AvgIpc) is 2.75. The Morgan fingerprint density at radius 2 is 1.93 bits per heavy atom. The second kappa shape index (κ2) is 8.02. The molecule has 0 spiro atoms. The number of nitrogens with one attached hydrogen (secondary N) is 1. The molecule has 4 rings (SSSR count). The van der Waals surface area contributed by atoms with Gasteiger partial charge >= 0.3 is 0 Å². The van der Waals surface area contributed by atoms with Gasteiger partial charge in [0.15, 0.2) is 0 Å². The highest BCUT2D eigenvalue weighted by Gasteiger charge is 2.22. The van der Waals surface area contributed by atoms with Crippen molar-refractivity contribution in [3.8, 4) is 0 Å². The number of amides is 1. The first-order valence-electron chi connectivity index (χ1n) is 9.50. The minimum absolute atomic E-state index is 0.111. The number of rotatable bonds is 4. The van der Waals surface area contributed by atoms with Gasteiger partial charge in [0.05, 0.1) is 34.9 Å². The zero-order valence-corrected chi connectivity index (χ0v) is 17.3. The lowest BCUT2D eigenvalue weighted by Gasteiger charge is -2.30. The van der Waals surface area contributed by atoms with E-state index in [4.69, 9.17) is 9.88 Å². The molecule has 2 heterocycles. The molecule has 0 radical (unpaired) electrons. The van der Waals surface area contributed by atoms with Crippen LogP contribution in [0, 0.1) is 6.92 Å². The Morgan fingerprint density at radius 3 is 2.67 bits per heavy atom. The lowest BCUT2D eigenvalue weighted by molar-refractivity contribution is 0.102. The first-order chi connectivity index (χ1) is 14.3. The number of primary sulfonamides is 1. The van der Waals surface area contributed by atoms with Gasteiger partial charge in [-0.25, -0.2) is 13.6 Å². The number of fused-ring (bicyclic) bond motifs is 1. The topological polar surface area (TPSA) is 115 Å². The molecule has 1 aliphatic heterocycles. The highest BCUT2D eigenvalue weighted by molar-refractivity contribution is 7.89. The molecule has 2 aromatic carbocycles. The van der Waals surface area contributed by atoms with E-state index in [1.807, 2.05) is 30.0 Å². The van der Waals surface area contributed by atoms with Crippen LogP contribution in [-0.2, 0) is 14.8 Å². The van der Waals surface area contributed by atoms with Crippen molar-refractivity contribution >= 4 is 38.2 Å². The van der Waals surface area contributed by atoms with Crippen LogP contribution in [0.5, 0.6) is 0 Å². The maximum Gasteiger partial charge on any atom is 0.257 e. The van der Waals surface area contributed by atoms with Gasteiger partial charge in [-0.2, -0.15) is 0 Å². The largest absolute Gasteiger partial charge is 0.378 e. The molecular weight excluding hydrogens is 404 g/mol. The fraction of sp³-hybridized carbons (Fsp3) is 0.238. The van der Waals surface area contributed by atoms with Crippen LogP contribution in [-0.4, -0.2) is 45.6 Å². The molecule has 1 aliphatic rings. The Balaban J connectivity index is 1.76. The Hall–Kier alpha value is -3.01. The number of carbonyl (C=O) groups is 1. The zero-order chi connectivity index (χ0) is 21.3. The number of hydrogen-bond acceptors (Lipinski definition) is 6.